The molecular formula is C18H15ClN2O2. The number of hydrogen-bond acceptors (Lipinski definition) is 4. The van der Waals surface area contributed by atoms with E-state index in [9.17, 15) is 4.79 Å². The molecule has 1 N–H and O–H groups in total. The second-order valence-electron chi connectivity index (χ2n) is 5.30. The van der Waals surface area contributed by atoms with Crippen LogP contribution in [0.5, 0.6) is 0 Å². The van der Waals surface area contributed by atoms with Gasteiger partial charge in [-0.2, -0.15) is 5.10 Å². The smallest absolute Gasteiger partial charge is 0.345 e. The van der Waals surface area contributed by atoms with E-state index in [1.807, 2.05) is 31.2 Å². The van der Waals surface area contributed by atoms with Crippen molar-refractivity contribution >= 4 is 34.0 Å². The molecule has 0 aliphatic rings. The minimum absolute atomic E-state index is 0.402. The fourth-order valence-corrected chi connectivity index (χ4v) is 2.36. The number of halogens is 1. The number of benzene rings is 2. The van der Waals surface area contributed by atoms with Gasteiger partial charge in [0.1, 0.15) is 5.58 Å². The maximum absolute atomic E-state index is 12.1. The molecule has 116 valence electrons. The van der Waals surface area contributed by atoms with Crippen molar-refractivity contribution < 1.29 is 4.42 Å². The monoisotopic (exact) mass is 326 g/mol. The second kappa shape index (κ2) is 6.26. The number of aryl methyl sites for hydroxylation is 1. The van der Waals surface area contributed by atoms with Crippen LogP contribution in [0, 0.1) is 6.92 Å². The largest absolute Gasteiger partial charge is 0.422 e. The van der Waals surface area contributed by atoms with Crippen LogP contribution in [0.4, 0.5) is 5.69 Å². The van der Waals surface area contributed by atoms with Crippen molar-refractivity contribution in [3.05, 3.63) is 75.1 Å². The van der Waals surface area contributed by atoms with Crippen LogP contribution in [0.2, 0.25) is 5.02 Å². The molecule has 0 saturated heterocycles. The molecule has 0 bridgehead atoms. The summed E-state index contributed by atoms with van der Waals surface area (Å²) in [5.41, 5.74) is 5.98. The van der Waals surface area contributed by atoms with Crippen molar-refractivity contribution in [1.29, 1.82) is 0 Å². The SMILES string of the molecule is C/C(=N\Nc1ccc(C)cc1)c1cc2cc(Cl)ccc2oc1=O. The number of nitrogens with one attached hydrogen (secondary N) is 1. The summed E-state index contributed by atoms with van der Waals surface area (Å²) in [5.74, 6) is 0. The Morgan fingerprint density at radius 1 is 1.13 bits per heavy atom. The third kappa shape index (κ3) is 3.43. The number of anilines is 1. The van der Waals surface area contributed by atoms with E-state index >= 15 is 0 Å². The molecule has 0 amide bonds. The Bertz CT molecular complexity index is 943. The summed E-state index contributed by atoms with van der Waals surface area (Å²) in [5, 5.41) is 5.61. The molecule has 0 aliphatic heterocycles. The molecule has 0 atom stereocenters. The first kappa shape index (κ1) is 15.3. The molecular weight excluding hydrogens is 312 g/mol. The van der Waals surface area contributed by atoms with Gasteiger partial charge >= 0.3 is 5.63 Å². The Hall–Kier alpha value is -2.59. The van der Waals surface area contributed by atoms with Crippen molar-refractivity contribution in [3.63, 3.8) is 0 Å². The highest BCUT2D eigenvalue weighted by Gasteiger charge is 2.09. The molecule has 0 saturated carbocycles. The molecule has 0 aliphatic carbocycles. The van der Waals surface area contributed by atoms with Gasteiger partial charge in [-0.1, -0.05) is 29.3 Å². The second-order valence-corrected chi connectivity index (χ2v) is 5.74. The summed E-state index contributed by atoms with van der Waals surface area (Å²) >= 11 is 5.98. The molecule has 23 heavy (non-hydrogen) atoms. The summed E-state index contributed by atoms with van der Waals surface area (Å²) in [6.45, 7) is 3.77. The molecule has 5 heteroatoms. The minimum Gasteiger partial charge on any atom is -0.422 e. The number of rotatable bonds is 3. The maximum Gasteiger partial charge on any atom is 0.345 e. The highest BCUT2D eigenvalue weighted by molar-refractivity contribution is 6.31. The zero-order valence-electron chi connectivity index (χ0n) is 12.8. The van der Waals surface area contributed by atoms with Crippen molar-refractivity contribution in [2.24, 2.45) is 5.10 Å². The Morgan fingerprint density at radius 2 is 1.87 bits per heavy atom. The van der Waals surface area contributed by atoms with E-state index < -0.39 is 5.63 Å². The Labute approximate surface area is 138 Å². The third-order valence-electron chi connectivity index (χ3n) is 3.49. The molecule has 4 nitrogen and oxygen atoms in total. The van der Waals surface area contributed by atoms with Crippen LogP contribution in [0.1, 0.15) is 18.1 Å². The van der Waals surface area contributed by atoms with E-state index in [4.69, 9.17) is 16.0 Å². The van der Waals surface area contributed by atoms with Crippen LogP contribution in [-0.2, 0) is 0 Å². The average Bonchev–Trinajstić information content (AvgIpc) is 2.54. The van der Waals surface area contributed by atoms with Gasteiger partial charge in [-0.05, 0) is 50.2 Å². The van der Waals surface area contributed by atoms with Crippen molar-refractivity contribution in [1.82, 2.24) is 0 Å². The standard InChI is InChI=1S/C18H15ClN2O2/c1-11-3-6-15(7-4-11)21-20-12(2)16-10-13-9-14(19)5-8-17(13)23-18(16)22/h3-10,21H,1-2H3/b20-12+. The van der Waals surface area contributed by atoms with Crippen LogP contribution >= 0.6 is 11.6 Å². The predicted octanol–water partition coefficient (Wildman–Crippen LogP) is 4.59. The Kier molecular flexibility index (Phi) is 4.17. The van der Waals surface area contributed by atoms with Crippen LogP contribution in [0.25, 0.3) is 11.0 Å². The van der Waals surface area contributed by atoms with E-state index in [0.29, 0.717) is 21.9 Å². The highest BCUT2D eigenvalue weighted by atomic mass is 35.5. The van der Waals surface area contributed by atoms with E-state index in [1.54, 1.807) is 31.2 Å². The first-order valence-corrected chi connectivity index (χ1v) is 7.51. The fourth-order valence-electron chi connectivity index (χ4n) is 2.18. The van der Waals surface area contributed by atoms with Gasteiger partial charge in [-0.3, -0.25) is 5.43 Å². The lowest BCUT2D eigenvalue weighted by molar-refractivity contribution is 0.559. The molecule has 0 unspecified atom stereocenters. The zero-order valence-corrected chi connectivity index (χ0v) is 13.5. The summed E-state index contributed by atoms with van der Waals surface area (Å²) in [6, 6.07) is 14.7. The van der Waals surface area contributed by atoms with Gasteiger partial charge in [0.25, 0.3) is 0 Å². The van der Waals surface area contributed by atoms with Gasteiger partial charge in [-0.15, -0.1) is 0 Å². The molecule has 0 fully saturated rings. The lowest BCUT2D eigenvalue weighted by Gasteiger charge is -2.04. The topological polar surface area (TPSA) is 54.6 Å². The Morgan fingerprint density at radius 3 is 2.61 bits per heavy atom. The summed E-state index contributed by atoms with van der Waals surface area (Å²) in [6.07, 6.45) is 0. The van der Waals surface area contributed by atoms with Crippen LogP contribution in [0.3, 0.4) is 0 Å². The number of nitrogens with zero attached hydrogens (tertiary/aromatic N) is 1. The lowest BCUT2D eigenvalue weighted by Crippen LogP contribution is -2.13. The summed E-state index contributed by atoms with van der Waals surface area (Å²) in [7, 11) is 0. The van der Waals surface area contributed by atoms with Crippen molar-refractivity contribution in [2.75, 3.05) is 5.43 Å². The van der Waals surface area contributed by atoms with Crippen LogP contribution in [-0.4, -0.2) is 5.71 Å². The molecule has 3 rings (SSSR count). The van der Waals surface area contributed by atoms with Gasteiger partial charge in [0.15, 0.2) is 0 Å². The molecule has 0 spiro atoms. The van der Waals surface area contributed by atoms with E-state index in [-0.39, 0.29) is 0 Å². The molecule has 3 aromatic rings. The van der Waals surface area contributed by atoms with E-state index in [2.05, 4.69) is 10.5 Å². The Balaban J connectivity index is 1.94. The third-order valence-corrected chi connectivity index (χ3v) is 3.72. The van der Waals surface area contributed by atoms with Crippen molar-refractivity contribution in [2.45, 2.75) is 13.8 Å². The molecule has 2 aromatic carbocycles. The zero-order chi connectivity index (χ0) is 16.4. The van der Waals surface area contributed by atoms with Crippen LogP contribution < -0.4 is 11.1 Å². The lowest BCUT2D eigenvalue weighted by atomic mass is 10.1. The molecule has 0 radical (unpaired) electrons. The van der Waals surface area contributed by atoms with Gasteiger partial charge < -0.3 is 4.42 Å². The predicted molar refractivity (Wildman–Crippen MR) is 94.5 cm³/mol. The summed E-state index contributed by atoms with van der Waals surface area (Å²) < 4.78 is 5.31. The number of hydrogen-bond donors (Lipinski definition) is 1. The van der Waals surface area contributed by atoms with Gasteiger partial charge in [-0.25, -0.2) is 4.79 Å². The molecule has 1 aromatic heterocycles. The quantitative estimate of drug-likeness (QED) is 0.435. The average molecular weight is 327 g/mol. The highest BCUT2D eigenvalue weighted by Crippen LogP contribution is 2.19. The van der Waals surface area contributed by atoms with Gasteiger partial charge in [0.2, 0.25) is 0 Å². The first-order chi connectivity index (χ1) is 11.0. The van der Waals surface area contributed by atoms with Gasteiger partial charge in [0, 0.05) is 10.4 Å². The van der Waals surface area contributed by atoms with E-state index in [0.717, 1.165) is 11.1 Å². The van der Waals surface area contributed by atoms with E-state index in [1.165, 1.54) is 5.56 Å². The minimum atomic E-state index is -0.424. The first-order valence-electron chi connectivity index (χ1n) is 7.14. The van der Waals surface area contributed by atoms with Crippen molar-refractivity contribution in [3.8, 4) is 0 Å². The number of hydrazone groups is 1. The van der Waals surface area contributed by atoms with Gasteiger partial charge in [0.05, 0.1) is 17.0 Å². The molecule has 1 heterocycles. The normalized spacial score (nSPS) is 11.7. The number of fused-ring (bicyclic) bond motifs is 1. The summed E-state index contributed by atoms with van der Waals surface area (Å²) in [4.78, 5) is 12.1. The fraction of sp³-hybridized carbons (Fsp3) is 0.111. The van der Waals surface area contributed by atoms with Crippen LogP contribution in [0.15, 0.2) is 62.8 Å². The maximum atomic E-state index is 12.1.